The number of H-pyrrole nitrogens is 1. The summed E-state index contributed by atoms with van der Waals surface area (Å²) in [6, 6.07) is 4.64. The third-order valence-corrected chi connectivity index (χ3v) is 3.19. The standard InChI is InChI=1S/C13H12BrFN2O2/c1-7-13(9-6-8(14)2-3-10(9)15)17-11(16-7)4-5-12(18)19/h2-3,6H,4-5H2,1H3,(H,16,17)(H,18,19). The van der Waals surface area contributed by atoms with Crippen LogP contribution in [0.2, 0.25) is 0 Å². The van der Waals surface area contributed by atoms with Crippen LogP contribution in [0.5, 0.6) is 0 Å². The zero-order chi connectivity index (χ0) is 14.0. The molecule has 0 fully saturated rings. The summed E-state index contributed by atoms with van der Waals surface area (Å²) < 4.78 is 14.6. The van der Waals surface area contributed by atoms with Crippen LogP contribution in [-0.4, -0.2) is 21.0 Å². The number of carboxylic acid groups (broad SMARTS) is 1. The van der Waals surface area contributed by atoms with Gasteiger partial charge in [0.05, 0.1) is 12.1 Å². The Bertz CT molecular complexity index is 625. The lowest BCUT2D eigenvalue weighted by atomic mass is 10.1. The van der Waals surface area contributed by atoms with Gasteiger partial charge in [0.15, 0.2) is 0 Å². The third kappa shape index (κ3) is 3.20. The van der Waals surface area contributed by atoms with E-state index in [1.807, 2.05) is 0 Å². The van der Waals surface area contributed by atoms with Crippen molar-refractivity contribution >= 4 is 21.9 Å². The molecule has 1 aromatic carbocycles. The van der Waals surface area contributed by atoms with E-state index in [9.17, 15) is 9.18 Å². The topological polar surface area (TPSA) is 66.0 Å². The van der Waals surface area contributed by atoms with E-state index in [1.54, 1.807) is 19.1 Å². The molecule has 4 nitrogen and oxygen atoms in total. The first-order valence-electron chi connectivity index (χ1n) is 5.70. The fraction of sp³-hybridized carbons (Fsp3) is 0.231. The molecule has 0 aliphatic heterocycles. The van der Waals surface area contributed by atoms with Crippen LogP contribution in [0.4, 0.5) is 4.39 Å². The molecule has 0 saturated heterocycles. The molecule has 6 heteroatoms. The smallest absolute Gasteiger partial charge is 0.303 e. The predicted octanol–water partition coefficient (Wildman–Crippen LogP) is 3.30. The number of benzene rings is 1. The van der Waals surface area contributed by atoms with Crippen LogP contribution in [0, 0.1) is 12.7 Å². The summed E-state index contributed by atoms with van der Waals surface area (Å²) in [7, 11) is 0. The van der Waals surface area contributed by atoms with Crippen molar-refractivity contribution in [3.63, 3.8) is 0 Å². The molecule has 2 aromatic rings. The Balaban J connectivity index is 2.34. The number of carboxylic acids is 1. The van der Waals surface area contributed by atoms with Crippen LogP contribution >= 0.6 is 15.9 Å². The number of rotatable bonds is 4. The summed E-state index contributed by atoms with van der Waals surface area (Å²) in [5, 5.41) is 8.64. The van der Waals surface area contributed by atoms with Crippen molar-refractivity contribution in [2.45, 2.75) is 19.8 Å². The molecule has 0 unspecified atom stereocenters. The van der Waals surface area contributed by atoms with Crippen molar-refractivity contribution in [3.8, 4) is 11.3 Å². The van der Waals surface area contributed by atoms with Gasteiger partial charge in [0.25, 0.3) is 0 Å². The number of aromatic amines is 1. The van der Waals surface area contributed by atoms with Gasteiger partial charge >= 0.3 is 5.97 Å². The van der Waals surface area contributed by atoms with Gasteiger partial charge in [-0.1, -0.05) is 15.9 Å². The highest BCUT2D eigenvalue weighted by Crippen LogP contribution is 2.27. The second kappa shape index (κ2) is 5.52. The maximum absolute atomic E-state index is 13.8. The van der Waals surface area contributed by atoms with Crippen molar-refractivity contribution in [3.05, 3.63) is 40.0 Å². The summed E-state index contributed by atoms with van der Waals surface area (Å²) in [5.41, 5.74) is 1.63. The Morgan fingerprint density at radius 2 is 2.26 bits per heavy atom. The molecular weight excluding hydrogens is 315 g/mol. The molecule has 1 heterocycles. The summed E-state index contributed by atoms with van der Waals surface area (Å²) in [5.74, 6) is -0.693. The molecular formula is C13H12BrFN2O2. The Morgan fingerprint density at radius 3 is 2.95 bits per heavy atom. The van der Waals surface area contributed by atoms with Gasteiger partial charge in [0.2, 0.25) is 0 Å². The summed E-state index contributed by atoms with van der Waals surface area (Å²) in [6.45, 7) is 1.78. The lowest BCUT2D eigenvalue weighted by molar-refractivity contribution is -0.137. The van der Waals surface area contributed by atoms with Crippen LogP contribution in [-0.2, 0) is 11.2 Å². The first-order valence-corrected chi connectivity index (χ1v) is 6.49. The van der Waals surface area contributed by atoms with E-state index in [1.165, 1.54) is 6.07 Å². The first kappa shape index (κ1) is 13.7. The normalized spacial score (nSPS) is 10.7. The summed E-state index contributed by atoms with van der Waals surface area (Å²) in [6.07, 6.45) is 0.291. The number of imidazole rings is 1. The Kier molecular flexibility index (Phi) is 3.99. The van der Waals surface area contributed by atoms with Crippen LogP contribution in [0.3, 0.4) is 0 Å². The molecule has 19 heavy (non-hydrogen) atoms. The van der Waals surface area contributed by atoms with Gasteiger partial charge in [-0.2, -0.15) is 0 Å². The molecule has 0 saturated carbocycles. The van der Waals surface area contributed by atoms with Gasteiger partial charge < -0.3 is 10.1 Å². The first-order chi connectivity index (χ1) is 8.97. The second-order valence-corrected chi connectivity index (χ2v) is 5.09. The molecule has 0 bridgehead atoms. The number of hydrogen-bond donors (Lipinski definition) is 2. The van der Waals surface area contributed by atoms with Gasteiger partial charge in [-0.15, -0.1) is 0 Å². The minimum absolute atomic E-state index is 0.00659. The van der Waals surface area contributed by atoms with Gasteiger partial charge in [-0.05, 0) is 25.1 Å². The van der Waals surface area contributed by atoms with Crippen molar-refractivity contribution in [2.75, 3.05) is 0 Å². The fourth-order valence-corrected chi connectivity index (χ4v) is 2.17. The van der Waals surface area contributed by atoms with Crippen molar-refractivity contribution in [2.24, 2.45) is 0 Å². The SMILES string of the molecule is Cc1[nH]c(CCC(=O)O)nc1-c1cc(Br)ccc1F. The van der Waals surface area contributed by atoms with Gasteiger partial charge in [-0.3, -0.25) is 4.79 Å². The number of hydrogen-bond acceptors (Lipinski definition) is 2. The molecule has 2 N–H and O–H groups in total. The third-order valence-electron chi connectivity index (χ3n) is 2.69. The van der Waals surface area contributed by atoms with Crippen LogP contribution in [0.15, 0.2) is 22.7 Å². The Labute approximate surface area is 117 Å². The van der Waals surface area contributed by atoms with E-state index in [2.05, 4.69) is 25.9 Å². The van der Waals surface area contributed by atoms with Crippen molar-refractivity contribution in [1.82, 2.24) is 9.97 Å². The van der Waals surface area contributed by atoms with E-state index in [4.69, 9.17) is 5.11 Å². The lowest BCUT2D eigenvalue weighted by Crippen LogP contribution is -1.98. The van der Waals surface area contributed by atoms with Gasteiger partial charge in [-0.25, -0.2) is 9.37 Å². The molecule has 0 aliphatic carbocycles. The van der Waals surface area contributed by atoms with Gasteiger partial charge in [0, 0.05) is 22.2 Å². The van der Waals surface area contributed by atoms with E-state index in [-0.39, 0.29) is 12.2 Å². The highest BCUT2D eigenvalue weighted by atomic mass is 79.9. The number of halogens is 2. The number of nitrogens with one attached hydrogen (secondary N) is 1. The van der Waals surface area contributed by atoms with Crippen molar-refractivity contribution < 1.29 is 14.3 Å². The molecule has 0 radical (unpaired) electrons. The van der Waals surface area contributed by atoms with Crippen LogP contribution in [0.1, 0.15) is 17.9 Å². The minimum atomic E-state index is -0.885. The lowest BCUT2D eigenvalue weighted by Gasteiger charge is -2.01. The average molecular weight is 327 g/mol. The largest absolute Gasteiger partial charge is 0.481 e. The number of aromatic nitrogens is 2. The summed E-state index contributed by atoms with van der Waals surface area (Å²) >= 11 is 3.29. The number of carbonyl (C=O) groups is 1. The highest BCUT2D eigenvalue weighted by Gasteiger charge is 2.14. The number of aliphatic carboxylic acids is 1. The number of aryl methyl sites for hydroxylation is 2. The van der Waals surface area contributed by atoms with E-state index >= 15 is 0 Å². The zero-order valence-corrected chi connectivity index (χ0v) is 11.8. The molecule has 0 spiro atoms. The van der Waals surface area contributed by atoms with Crippen LogP contribution < -0.4 is 0 Å². The van der Waals surface area contributed by atoms with Crippen molar-refractivity contribution in [1.29, 1.82) is 0 Å². The molecule has 0 aliphatic rings. The monoisotopic (exact) mass is 326 g/mol. The van der Waals surface area contributed by atoms with E-state index in [0.29, 0.717) is 23.5 Å². The highest BCUT2D eigenvalue weighted by molar-refractivity contribution is 9.10. The maximum atomic E-state index is 13.8. The van der Waals surface area contributed by atoms with Crippen LogP contribution in [0.25, 0.3) is 11.3 Å². The summed E-state index contributed by atoms with van der Waals surface area (Å²) in [4.78, 5) is 17.8. The predicted molar refractivity (Wildman–Crippen MR) is 72.4 cm³/mol. The molecule has 2 rings (SSSR count). The quantitative estimate of drug-likeness (QED) is 0.905. The molecule has 100 valence electrons. The minimum Gasteiger partial charge on any atom is -0.481 e. The maximum Gasteiger partial charge on any atom is 0.303 e. The zero-order valence-electron chi connectivity index (χ0n) is 10.2. The molecule has 0 atom stereocenters. The number of nitrogens with zero attached hydrogens (tertiary/aromatic N) is 1. The van der Waals surface area contributed by atoms with Gasteiger partial charge in [0.1, 0.15) is 11.6 Å². The van der Waals surface area contributed by atoms with E-state index in [0.717, 1.165) is 10.2 Å². The fourth-order valence-electron chi connectivity index (χ4n) is 1.81. The second-order valence-electron chi connectivity index (χ2n) is 4.18. The molecule has 0 amide bonds. The Hall–Kier alpha value is -1.69. The van der Waals surface area contributed by atoms with E-state index < -0.39 is 5.97 Å². The average Bonchev–Trinajstić information content (AvgIpc) is 2.71. The molecule has 1 aromatic heterocycles. The Morgan fingerprint density at radius 1 is 1.53 bits per heavy atom.